The summed E-state index contributed by atoms with van der Waals surface area (Å²) in [6.07, 6.45) is 2.04. The van der Waals surface area contributed by atoms with Crippen molar-refractivity contribution in [2.45, 2.75) is 19.8 Å². The normalized spacial score (nSPS) is 10.8. The maximum absolute atomic E-state index is 13.9. The van der Waals surface area contributed by atoms with Crippen LogP contribution in [0.4, 0.5) is 4.39 Å². The highest BCUT2D eigenvalue weighted by Crippen LogP contribution is 2.27. The van der Waals surface area contributed by atoms with E-state index in [-0.39, 0.29) is 30.2 Å². The summed E-state index contributed by atoms with van der Waals surface area (Å²) < 4.78 is 25.5. The second-order valence-corrected chi connectivity index (χ2v) is 7.76. The van der Waals surface area contributed by atoms with Gasteiger partial charge in [0.1, 0.15) is 11.3 Å². The fourth-order valence-electron chi connectivity index (χ4n) is 3.57. The minimum absolute atomic E-state index is 0.0529. The molecule has 0 aliphatic carbocycles. The Balaban J connectivity index is 2.08. The summed E-state index contributed by atoms with van der Waals surface area (Å²) in [5.74, 6) is -1.28. The molecular weight excluding hydrogens is 429 g/mol. The quantitative estimate of drug-likeness (QED) is 0.509. The highest BCUT2D eigenvalue weighted by atomic mass is 19.1. The zero-order chi connectivity index (χ0) is 24.3. The summed E-state index contributed by atoms with van der Waals surface area (Å²) in [5, 5.41) is 0. The predicted molar refractivity (Wildman–Crippen MR) is 121 cm³/mol. The molecular formula is C24H26FN3O5. The van der Waals surface area contributed by atoms with Crippen LogP contribution < -0.4 is 10.3 Å². The summed E-state index contributed by atoms with van der Waals surface area (Å²) in [6, 6.07) is 6.11. The van der Waals surface area contributed by atoms with E-state index in [9.17, 15) is 18.8 Å². The Morgan fingerprint density at radius 3 is 2.55 bits per heavy atom. The number of carbonyl (C=O) groups excluding carboxylic acids is 2. The third-order valence-electron chi connectivity index (χ3n) is 5.33. The van der Waals surface area contributed by atoms with Crippen LogP contribution in [0.3, 0.4) is 0 Å². The van der Waals surface area contributed by atoms with E-state index in [1.807, 2.05) is 0 Å². The molecule has 0 atom stereocenters. The number of methoxy groups -OCH3 is 1. The first-order valence-electron chi connectivity index (χ1n) is 10.4. The third kappa shape index (κ3) is 4.87. The molecule has 2 heterocycles. The van der Waals surface area contributed by atoms with E-state index in [1.165, 1.54) is 35.8 Å². The van der Waals surface area contributed by atoms with Crippen molar-refractivity contribution in [2.24, 2.45) is 7.05 Å². The highest BCUT2D eigenvalue weighted by molar-refractivity contribution is 5.98. The van der Waals surface area contributed by atoms with Crippen LogP contribution in [0.5, 0.6) is 5.75 Å². The van der Waals surface area contributed by atoms with Crippen LogP contribution in [0, 0.1) is 5.82 Å². The van der Waals surface area contributed by atoms with Crippen LogP contribution >= 0.6 is 0 Å². The Kier molecular flexibility index (Phi) is 7.10. The van der Waals surface area contributed by atoms with Gasteiger partial charge in [-0.25, -0.2) is 9.18 Å². The van der Waals surface area contributed by atoms with Gasteiger partial charge < -0.3 is 18.9 Å². The molecule has 174 valence electrons. The molecule has 0 spiro atoms. The molecule has 2 aromatic heterocycles. The molecule has 0 unspecified atom stereocenters. The Hall–Kier alpha value is -3.75. The molecule has 33 heavy (non-hydrogen) atoms. The van der Waals surface area contributed by atoms with Crippen LogP contribution in [0.1, 0.15) is 34.0 Å². The molecule has 0 saturated heterocycles. The topological polar surface area (TPSA) is 90.7 Å². The van der Waals surface area contributed by atoms with Crippen molar-refractivity contribution in [2.75, 3.05) is 27.8 Å². The number of amides is 1. The Morgan fingerprint density at radius 2 is 1.91 bits per heavy atom. The number of ether oxygens (including phenoxy) is 2. The van der Waals surface area contributed by atoms with E-state index in [4.69, 9.17) is 9.47 Å². The van der Waals surface area contributed by atoms with Gasteiger partial charge in [-0.2, -0.15) is 0 Å². The van der Waals surface area contributed by atoms with Crippen molar-refractivity contribution in [1.82, 2.24) is 14.5 Å². The molecule has 0 fully saturated rings. The van der Waals surface area contributed by atoms with Gasteiger partial charge in [0.15, 0.2) is 11.3 Å². The number of halogens is 1. The molecule has 9 heteroatoms. The molecule has 0 saturated carbocycles. The third-order valence-corrected chi connectivity index (χ3v) is 5.33. The van der Waals surface area contributed by atoms with Crippen molar-refractivity contribution in [3.05, 3.63) is 68.9 Å². The molecule has 0 N–H and O–H groups in total. The maximum atomic E-state index is 13.9. The second-order valence-electron chi connectivity index (χ2n) is 7.76. The number of aryl methyl sites for hydroxylation is 1. The molecule has 3 aromatic rings. The average molecular weight is 455 g/mol. The van der Waals surface area contributed by atoms with Crippen molar-refractivity contribution >= 4 is 22.9 Å². The zero-order valence-electron chi connectivity index (χ0n) is 19.3. The summed E-state index contributed by atoms with van der Waals surface area (Å²) >= 11 is 0. The number of nitrogens with zero attached hydrogens (tertiary/aromatic N) is 3. The number of hydrogen-bond acceptors (Lipinski definition) is 6. The number of rotatable bonds is 7. The fraction of sp³-hybridized carbons (Fsp3) is 0.333. The summed E-state index contributed by atoms with van der Waals surface area (Å²) in [4.78, 5) is 43.3. The van der Waals surface area contributed by atoms with E-state index >= 15 is 0 Å². The van der Waals surface area contributed by atoms with Crippen molar-refractivity contribution in [3.8, 4) is 5.75 Å². The monoisotopic (exact) mass is 455 g/mol. The van der Waals surface area contributed by atoms with E-state index in [0.717, 1.165) is 11.1 Å². The van der Waals surface area contributed by atoms with E-state index < -0.39 is 17.3 Å². The Bertz CT molecular complexity index is 1280. The first kappa shape index (κ1) is 23.9. The van der Waals surface area contributed by atoms with Crippen LogP contribution in [0.2, 0.25) is 0 Å². The predicted octanol–water partition coefficient (Wildman–Crippen LogP) is 2.48. The Morgan fingerprint density at radius 1 is 1.18 bits per heavy atom. The Labute approximate surface area is 190 Å². The SMILES string of the molecule is CCOC(=O)c1c(OC)c2ncc(Cc3ccc(F)cc3CC(=O)N(C)C)cc2n(C)c1=O. The lowest BCUT2D eigenvalue weighted by Gasteiger charge is -2.15. The molecule has 3 rings (SSSR count). The first-order valence-corrected chi connectivity index (χ1v) is 10.4. The van der Waals surface area contributed by atoms with Gasteiger partial charge in [-0.3, -0.25) is 14.6 Å². The number of pyridine rings is 2. The lowest BCUT2D eigenvalue weighted by atomic mass is 9.97. The van der Waals surface area contributed by atoms with E-state index in [2.05, 4.69) is 4.98 Å². The van der Waals surface area contributed by atoms with Gasteiger partial charge >= 0.3 is 5.97 Å². The first-order chi connectivity index (χ1) is 15.7. The lowest BCUT2D eigenvalue weighted by Crippen LogP contribution is -2.27. The van der Waals surface area contributed by atoms with Crippen molar-refractivity contribution in [3.63, 3.8) is 0 Å². The summed E-state index contributed by atoms with van der Waals surface area (Å²) in [6.45, 7) is 1.77. The molecule has 0 radical (unpaired) electrons. The van der Waals surface area contributed by atoms with Crippen LogP contribution in [-0.4, -0.2) is 54.1 Å². The number of carbonyl (C=O) groups is 2. The molecule has 8 nitrogen and oxygen atoms in total. The molecule has 1 aromatic carbocycles. The van der Waals surface area contributed by atoms with Gasteiger partial charge in [0.25, 0.3) is 5.56 Å². The zero-order valence-corrected chi connectivity index (χ0v) is 19.3. The number of hydrogen-bond donors (Lipinski definition) is 0. The maximum Gasteiger partial charge on any atom is 0.347 e. The number of fused-ring (bicyclic) bond motifs is 1. The van der Waals surface area contributed by atoms with Gasteiger partial charge in [-0.1, -0.05) is 6.07 Å². The molecule has 0 aliphatic heterocycles. The van der Waals surface area contributed by atoms with Gasteiger partial charge in [0.05, 0.1) is 25.7 Å². The van der Waals surface area contributed by atoms with Gasteiger partial charge in [0, 0.05) is 27.3 Å². The summed E-state index contributed by atoms with van der Waals surface area (Å²) in [5.41, 5.74) is 2.14. The van der Waals surface area contributed by atoms with Gasteiger partial charge in [-0.05, 0) is 48.2 Å². The van der Waals surface area contributed by atoms with Crippen molar-refractivity contribution < 1.29 is 23.5 Å². The average Bonchev–Trinajstić information content (AvgIpc) is 2.77. The highest BCUT2D eigenvalue weighted by Gasteiger charge is 2.24. The lowest BCUT2D eigenvalue weighted by molar-refractivity contribution is -0.127. The number of benzene rings is 1. The molecule has 0 bridgehead atoms. The fourth-order valence-corrected chi connectivity index (χ4v) is 3.57. The van der Waals surface area contributed by atoms with Crippen molar-refractivity contribution in [1.29, 1.82) is 0 Å². The molecule has 1 amide bonds. The standard InChI is InChI=1S/C24H26FN3O5/c1-6-33-24(31)20-22(32-5)21-18(28(4)23(20)30)10-14(13-26-21)9-15-7-8-17(25)11-16(15)12-19(29)27(2)3/h7-8,10-11,13H,6,9,12H2,1-5H3. The summed E-state index contributed by atoms with van der Waals surface area (Å²) in [7, 11) is 6.19. The number of esters is 1. The van der Waals surface area contributed by atoms with Crippen LogP contribution in [-0.2, 0) is 29.4 Å². The molecule has 0 aliphatic rings. The number of likely N-dealkylation sites (N-methyl/N-ethyl adjacent to an activating group) is 1. The largest absolute Gasteiger partial charge is 0.493 e. The minimum atomic E-state index is -0.774. The smallest absolute Gasteiger partial charge is 0.347 e. The van der Waals surface area contributed by atoms with E-state index in [0.29, 0.717) is 23.0 Å². The van der Waals surface area contributed by atoms with Gasteiger partial charge in [-0.15, -0.1) is 0 Å². The van der Waals surface area contributed by atoms with Gasteiger partial charge in [0.2, 0.25) is 5.91 Å². The van der Waals surface area contributed by atoms with Crippen LogP contribution in [0.15, 0.2) is 35.3 Å². The van der Waals surface area contributed by atoms with Crippen LogP contribution in [0.25, 0.3) is 11.0 Å². The minimum Gasteiger partial charge on any atom is -0.493 e. The number of aromatic nitrogens is 2. The second kappa shape index (κ2) is 9.81. The van der Waals surface area contributed by atoms with E-state index in [1.54, 1.807) is 39.3 Å².